The molecule has 9 heteroatoms. The highest BCUT2D eigenvalue weighted by atomic mass is 19.4. The summed E-state index contributed by atoms with van der Waals surface area (Å²) in [6, 6.07) is 8.61. The Morgan fingerprint density at radius 3 is 2.52 bits per heavy atom. The van der Waals surface area contributed by atoms with Gasteiger partial charge in [-0.25, -0.2) is 4.79 Å². The summed E-state index contributed by atoms with van der Waals surface area (Å²) in [6.45, 7) is 3.30. The van der Waals surface area contributed by atoms with Crippen LogP contribution in [0.5, 0.6) is 0 Å². The predicted octanol–water partition coefficient (Wildman–Crippen LogP) is 4.19. The van der Waals surface area contributed by atoms with Crippen molar-refractivity contribution in [2.75, 3.05) is 39.6 Å². The summed E-state index contributed by atoms with van der Waals surface area (Å²) >= 11 is 0. The van der Waals surface area contributed by atoms with Gasteiger partial charge < -0.3 is 15.0 Å². The molecule has 1 fully saturated rings. The van der Waals surface area contributed by atoms with Crippen LogP contribution in [-0.2, 0) is 17.5 Å². The molecule has 2 aromatic rings. The van der Waals surface area contributed by atoms with Crippen LogP contribution in [0.4, 0.5) is 18.9 Å². The molecule has 0 aliphatic carbocycles. The number of likely N-dealkylation sites (tertiary alicyclic amines) is 1. The first-order chi connectivity index (χ1) is 15.5. The topological polar surface area (TPSA) is 61.9 Å². The van der Waals surface area contributed by atoms with Crippen molar-refractivity contribution in [3.63, 3.8) is 0 Å². The van der Waals surface area contributed by atoms with Gasteiger partial charge in [-0.2, -0.15) is 13.2 Å². The largest absolute Gasteiger partial charge is 0.465 e. The van der Waals surface area contributed by atoms with Crippen molar-refractivity contribution in [2.24, 2.45) is 0 Å². The lowest BCUT2D eigenvalue weighted by Crippen LogP contribution is -2.31. The van der Waals surface area contributed by atoms with Crippen molar-refractivity contribution < 1.29 is 27.5 Å². The fourth-order valence-electron chi connectivity index (χ4n) is 3.97. The lowest BCUT2D eigenvalue weighted by atomic mass is 10.0. The second-order valence-corrected chi connectivity index (χ2v) is 8.49. The van der Waals surface area contributed by atoms with E-state index >= 15 is 0 Å². The Morgan fingerprint density at radius 2 is 1.91 bits per heavy atom. The van der Waals surface area contributed by atoms with Gasteiger partial charge in [-0.1, -0.05) is 12.1 Å². The van der Waals surface area contributed by atoms with Crippen LogP contribution in [0, 0.1) is 6.92 Å². The number of benzene rings is 2. The van der Waals surface area contributed by atoms with Gasteiger partial charge in [0.05, 0.1) is 18.2 Å². The maximum Gasteiger partial charge on any atom is 0.416 e. The van der Waals surface area contributed by atoms with Crippen molar-refractivity contribution >= 4 is 17.6 Å². The Labute approximate surface area is 191 Å². The summed E-state index contributed by atoms with van der Waals surface area (Å²) in [7, 11) is 5.17. The summed E-state index contributed by atoms with van der Waals surface area (Å²) in [4.78, 5) is 28.6. The van der Waals surface area contributed by atoms with E-state index in [1.807, 2.05) is 19.0 Å². The molecule has 0 aromatic heterocycles. The average molecular weight is 464 g/mol. The van der Waals surface area contributed by atoms with Crippen molar-refractivity contribution in [1.29, 1.82) is 0 Å². The second kappa shape index (κ2) is 9.93. The van der Waals surface area contributed by atoms with Crippen molar-refractivity contribution in [3.8, 4) is 0 Å². The lowest BCUT2D eigenvalue weighted by Gasteiger charge is -2.22. The molecule has 1 amide bonds. The average Bonchev–Trinajstić information content (AvgIpc) is 3.23. The van der Waals surface area contributed by atoms with Crippen LogP contribution >= 0.6 is 0 Å². The number of halogens is 3. The fraction of sp³-hybridized carbons (Fsp3) is 0.417. The van der Waals surface area contributed by atoms with E-state index in [2.05, 4.69) is 10.2 Å². The first-order valence-corrected chi connectivity index (χ1v) is 10.6. The maximum atomic E-state index is 13.8. The summed E-state index contributed by atoms with van der Waals surface area (Å²) in [5.41, 5.74) is 0.420. The van der Waals surface area contributed by atoms with E-state index in [1.165, 1.54) is 25.3 Å². The molecule has 178 valence electrons. The highest BCUT2D eigenvalue weighted by molar-refractivity contribution is 6.05. The number of hydrogen-bond acceptors (Lipinski definition) is 5. The van der Waals surface area contributed by atoms with Gasteiger partial charge in [-0.3, -0.25) is 9.69 Å². The molecule has 6 nitrogen and oxygen atoms in total. The number of esters is 1. The molecule has 0 saturated carbocycles. The number of anilines is 1. The minimum atomic E-state index is -4.59. The normalized spacial score (nSPS) is 16.8. The molecule has 1 atom stereocenters. The van der Waals surface area contributed by atoms with E-state index in [0.717, 1.165) is 19.0 Å². The highest BCUT2D eigenvalue weighted by Crippen LogP contribution is 2.34. The number of rotatable bonds is 6. The van der Waals surface area contributed by atoms with Crippen LogP contribution < -0.4 is 5.32 Å². The SMILES string of the molecule is COC(=O)c1cc(NC(=O)c2ccc(CN3CCC(N(C)C)C3)c(C(F)(F)F)c2)ccc1C. The highest BCUT2D eigenvalue weighted by Gasteiger charge is 2.35. The van der Waals surface area contributed by atoms with Gasteiger partial charge in [0, 0.05) is 36.9 Å². The van der Waals surface area contributed by atoms with Gasteiger partial charge in [0.15, 0.2) is 0 Å². The van der Waals surface area contributed by atoms with Gasteiger partial charge >= 0.3 is 12.1 Å². The van der Waals surface area contributed by atoms with Gasteiger partial charge in [0.1, 0.15) is 0 Å². The maximum absolute atomic E-state index is 13.8. The van der Waals surface area contributed by atoms with Gasteiger partial charge in [-0.05, 0) is 62.8 Å². The molecule has 1 N–H and O–H groups in total. The number of aryl methyl sites for hydroxylation is 1. The monoisotopic (exact) mass is 463 g/mol. The minimum Gasteiger partial charge on any atom is -0.465 e. The Morgan fingerprint density at radius 1 is 1.18 bits per heavy atom. The molecule has 0 spiro atoms. The third-order valence-electron chi connectivity index (χ3n) is 5.95. The number of carbonyl (C=O) groups is 2. The van der Waals surface area contributed by atoms with E-state index in [9.17, 15) is 22.8 Å². The molecule has 3 rings (SSSR count). The Bertz CT molecular complexity index is 1040. The summed E-state index contributed by atoms with van der Waals surface area (Å²) in [5.74, 6) is -1.26. The van der Waals surface area contributed by atoms with Gasteiger partial charge in [0.2, 0.25) is 0 Å². The molecule has 1 unspecified atom stereocenters. The number of alkyl halides is 3. The third-order valence-corrected chi connectivity index (χ3v) is 5.95. The first-order valence-electron chi connectivity index (χ1n) is 10.6. The first kappa shape index (κ1) is 24.7. The zero-order valence-corrected chi connectivity index (χ0v) is 19.1. The predicted molar refractivity (Wildman–Crippen MR) is 119 cm³/mol. The second-order valence-electron chi connectivity index (χ2n) is 8.49. The summed E-state index contributed by atoms with van der Waals surface area (Å²) in [6.07, 6.45) is -3.69. The van der Waals surface area contributed by atoms with E-state index in [1.54, 1.807) is 19.1 Å². The van der Waals surface area contributed by atoms with Crippen molar-refractivity contribution in [3.05, 3.63) is 64.2 Å². The zero-order chi connectivity index (χ0) is 24.3. The number of nitrogens with one attached hydrogen (secondary N) is 1. The van der Waals surface area contributed by atoms with E-state index in [4.69, 9.17) is 4.74 Å². The number of methoxy groups -OCH3 is 1. The van der Waals surface area contributed by atoms with E-state index < -0.39 is 23.6 Å². The number of likely N-dealkylation sites (N-methyl/N-ethyl adjacent to an activating group) is 1. The summed E-state index contributed by atoms with van der Waals surface area (Å²) in [5, 5.41) is 2.56. The molecule has 33 heavy (non-hydrogen) atoms. The zero-order valence-electron chi connectivity index (χ0n) is 19.1. The quantitative estimate of drug-likeness (QED) is 0.651. The molecule has 1 heterocycles. The van der Waals surface area contributed by atoms with Crippen LogP contribution in [0.1, 0.15) is 43.8 Å². The number of hydrogen-bond donors (Lipinski definition) is 1. The molecule has 1 aliphatic rings. The molecular formula is C24H28F3N3O3. The van der Waals surface area contributed by atoms with Crippen LogP contribution in [-0.4, -0.2) is 62.0 Å². The minimum absolute atomic E-state index is 0.112. The van der Waals surface area contributed by atoms with Crippen LogP contribution in [0.25, 0.3) is 0 Å². The van der Waals surface area contributed by atoms with Gasteiger partial charge in [-0.15, -0.1) is 0 Å². The molecule has 2 aromatic carbocycles. The van der Waals surface area contributed by atoms with Gasteiger partial charge in [0.25, 0.3) is 5.91 Å². The van der Waals surface area contributed by atoms with E-state index in [-0.39, 0.29) is 28.9 Å². The van der Waals surface area contributed by atoms with Crippen LogP contribution in [0.3, 0.4) is 0 Å². The Kier molecular flexibility index (Phi) is 7.44. The van der Waals surface area contributed by atoms with Crippen LogP contribution in [0.15, 0.2) is 36.4 Å². The van der Waals surface area contributed by atoms with Crippen molar-refractivity contribution in [2.45, 2.75) is 32.1 Å². The molecule has 0 bridgehead atoms. The molecule has 1 saturated heterocycles. The molecule has 0 radical (unpaired) electrons. The number of amides is 1. The molecular weight excluding hydrogens is 435 g/mol. The Hall–Kier alpha value is -2.91. The number of ether oxygens (including phenoxy) is 1. The lowest BCUT2D eigenvalue weighted by molar-refractivity contribution is -0.138. The van der Waals surface area contributed by atoms with Crippen LogP contribution in [0.2, 0.25) is 0 Å². The number of nitrogens with zero attached hydrogens (tertiary/aromatic N) is 2. The summed E-state index contributed by atoms with van der Waals surface area (Å²) < 4.78 is 46.2. The fourth-order valence-corrected chi connectivity index (χ4v) is 3.97. The third kappa shape index (κ3) is 5.91. The smallest absolute Gasteiger partial charge is 0.416 e. The van der Waals surface area contributed by atoms with Crippen molar-refractivity contribution in [1.82, 2.24) is 9.80 Å². The standard InChI is InChI=1S/C24H28F3N3O3/c1-15-5-8-18(12-20(15)23(32)33-4)28-22(31)16-6-7-17(21(11-16)24(25,26)27)13-30-10-9-19(14-30)29(2)3/h5-8,11-12,19H,9-10,13-14H2,1-4H3,(H,28,31). The number of carbonyl (C=O) groups excluding carboxylic acids is 2. The Balaban J connectivity index is 1.81. The molecule has 1 aliphatic heterocycles. The van der Waals surface area contributed by atoms with E-state index in [0.29, 0.717) is 18.2 Å².